The molecule has 2 aliphatic rings. The standard InChI is InChI=1S/C18H15F3O.C8H9NS.CH5N/c19-18(20,21)15-7-5-13(6-8-15)16-3-1-2-14-10-12(11-22)4-9-17(14)16;1-6-8(10-6)7-4-2-3-5-9-7;1-2/h1-5,9-11,15H,6-8H2;2-6,8H,1H3;2H2,1H3. The second kappa shape index (κ2) is 11.7. The van der Waals surface area contributed by atoms with Crippen LogP contribution in [0.5, 0.6) is 0 Å². The number of carbonyl (C=O) groups is 1. The first-order valence-corrected chi connectivity index (χ1v) is 12.2. The zero-order valence-corrected chi connectivity index (χ0v) is 20.1. The Bertz CT molecular complexity index is 1130. The van der Waals surface area contributed by atoms with Gasteiger partial charge in [0.25, 0.3) is 0 Å². The van der Waals surface area contributed by atoms with Crippen molar-refractivity contribution in [2.45, 2.75) is 42.9 Å². The van der Waals surface area contributed by atoms with Crippen LogP contribution in [0.15, 0.2) is 66.9 Å². The number of allylic oxidation sites excluding steroid dienone is 2. The van der Waals surface area contributed by atoms with Gasteiger partial charge in [0.1, 0.15) is 6.29 Å². The highest BCUT2D eigenvalue weighted by Gasteiger charge is 2.39. The minimum absolute atomic E-state index is 0.0433. The second-order valence-corrected chi connectivity index (χ2v) is 9.69. The molecule has 34 heavy (non-hydrogen) atoms. The van der Waals surface area contributed by atoms with E-state index in [9.17, 15) is 18.0 Å². The van der Waals surface area contributed by atoms with Gasteiger partial charge in [-0.1, -0.05) is 49.4 Å². The van der Waals surface area contributed by atoms with Crippen molar-refractivity contribution < 1.29 is 18.0 Å². The van der Waals surface area contributed by atoms with Crippen LogP contribution >= 0.6 is 11.8 Å². The Balaban J connectivity index is 0.000000224. The summed E-state index contributed by atoms with van der Waals surface area (Å²) in [6.07, 6.45) is 0.864. The first-order valence-electron chi connectivity index (χ1n) is 11.2. The fourth-order valence-electron chi connectivity index (χ4n) is 4.07. The van der Waals surface area contributed by atoms with Crippen molar-refractivity contribution in [3.05, 3.63) is 83.7 Å². The minimum atomic E-state index is -4.11. The molecule has 7 heteroatoms. The van der Waals surface area contributed by atoms with E-state index in [2.05, 4.69) is 23.7 Å². The number of pyridine rings is 1. The normalized spacial score (nSPS) is 21.4. The monoisotopic (exact) mass is 486 g/mol. The molecule has 2 N–H and O–H groups in total. The quantitative estimate of drug-likeness (QED) is 0.313. The summed E-state index contributed by atoms with van der Waals surface area (Å²) in [5, 5.41) is 3.38. The number of nitrogens with zero attached hydrogens (tertiary/aromatic N) is 1. The zero-order valence-electron chi connectivity index (χ0n) is 19.3. The molecule has 1 aliphatic heterocycles. The summed E-state index contributed by atoms with van der Waals surface area (Å²) < 4.78 is 38.2. The third-order valence-electron chi connectivity index (χ3n) is 5.95. The first-order chi connectivity index (χ1) is 16.4. The average Bonchev–Trinajstić information content (AvgIpc) is 3.61. The number of halogens is 3. The first kappa shape index (κ1) is 26.0. The Labute approximate surface area is 202 Å². The van der Waals surface area contributed by atoms with Gasteiger partial charge in [0.05, 0.1) is 16.9 Å². The number of alkyl halides is 3. The summed E-state index contributed by atoms with van der Waals surface area (Å²) in [6.45, 7) is 2.24. The molecule has 2 heterocycles. The van der Waals surface area contributed by atoms with E-state index >= 15 is 0 Å². The number of aromatic nitrogens is 1. The fourth-order valence-corrected chi connectivity index (χ4v) is 4.86. The molecule has 2 aromatic carbocycles. The predicted molar refractivity (Wildman–Crippen MR) is 135 cm³/mol. The summed E-state index contributed by atoms with van der Waals surface area (Å²) in [5.41, 5.74) is 8.26. The van der Waals surface area contributed by atoms with Crippen molar-refractivity contribution in [2.75, 3.05) is 7.05 Å². The van der Waals surface area contributed by atoms with Crippen molar-refractivity contribution in [1.29, 1.82) is 0 Å². The van der Waals surface area contributed by atoms with Crippen LogP contribution in [0.4, 0.5) is 13.2 Å². The van der Waals surface area contributed by atoms with E-state index in [4.69, 9.17) is 0 Å². The van der Waals surface area contributed by atoms with Crippen LogP contribution in [-0.4, -0.2) is 29.7 Å². The molecule has 3 atom stereocenters. The van der Waals surface area contributed by atoms with E-state index in [0.717, 1.165) is 33.4 Å². The lowest BCUT2D eigenvalue weighted by Crippen LogP contribution is -2.24. The highest BCUT2D eigenvalue weighted by atomic mass is 32.2. The smallest absolute Gasteiger partial charge is 0.333 e. The molecule has 1 aliphatic carbocycles. The SMILES string of the molecule is CC1SC1c1ccccn1.CN.O=Cc1ccc2c(C3=CCC(C(F)(F)F)CC3)cccc2c1. The molecule has 0 amide bonds. The van der Waals surface area contributed by atoms with E-state index in [1.807, 2.05) is 54.4 Å². The molecular formula is C27H29F3N2OS. The second-order valence-electron chi connectivity index (χ2n) is 8.16. The number of carbonyl (C=O) groups excluding carboxylic acids is 1. The summed E-state index contributed by atoms with van der Waals surface area (Å²) in [6, 6.07) is 17.2. The highest BCUT2D eigenvalue weighted by Crippen LogP contribution is 2.53. The molecule has 3 nitrogen and oxygen atoms in total. The lowest BCUT2D eigenvalue weighted by Gasteiger charge is -2.24. The number of nitrogens with two attached hydrogens (primary N) is 1. The number of aldehydes is 1. The van der Waals surface area contributed by atoms with Gasteiger partial charge in [0.2, 0.25) is 0 Å². The van der Waals surface area contributed by atoms with Crippen LogP contribution < -0.4 is 5.73 Å². The minimum Gasteiger partial charge on any atom is -0.333 e. The molecule has 0 radical (unpaired) electrons. The third kappa shape index (κ3) is 6.48. The van der Waals surface area contributed by atoms with Gasteiger partial charge < -0.3 is 5.73 Å². The van der Waals surface area contributed by atoms with Gasteiger partial charge in [-0.05, 0) is 66.4 Å². The number of hydrogen-bond donors (Lipinski definition) is 1. The molecule has 0 bridgehead atoms. The van der Waals surface area contributed by atoms with Crippen LogP contribution in [0.1, 0.15) is 53.1 Å². The summed E-state index contributed by atoms with van der Waals surface area (Å²) in [7, 11) is 1.50. The lowest BCUT2D eigenvalue weighted by molar-refractivity contribution is -0.175. The Morgan fingerprint density at radius 3 is 2.41 bits per heavy atom. The van der Waals surface area contributed by atoms with Crippen LogP contribution in [0.25, 0.3) is 16.3 Å². The molecule has 3 aromatic rings. The van der Waals surface area contributed by atoms with Gasteiger partial charge in [-0.2, -0.15) is 13.2 Å². The van der Waals surface area contributed by atoms with Gasteiger partial charge in [-0.15, -0.1) is 11.8 Å². The van der Waals surface area contributed by atoms with Gasteiger partial charge in [0, 0.05) is 17.0 Å². The van der Waals surface area contributed by atoms with Gasteiger partial charge in [0.15, 0.2) is 0 Å². The van der Waals surface area contributed by atoms with Crippen LogP contribution in [-0.2, 0) is 0 Å². The lowest BCUT2D eigenvalue weighted by atomic mass is 9.84. The molecule has 1 saturated heterocycles. The molecular weight excluding hydrogens is 457 g/mol. The van der Waals surface area contributed by atoms with E-state index in [-0.39, 0.29) is 12.8 Å². The van der Waals surface area contributed by atoms with Gasteiger partial charge >= 0.3 is 6.18 Å². The van der Waals surface area contributed by atoms with Crippen molar-refractivity contribution >= 4 is 34.4 Å². The van der Waals surface area contributed by atoms with E-state index in [1.54, 1.807) is 18.2 Å². The number of rotatable bonds is 3. The maximum atomic E-state index is 12.7. The van der Waals surface area contributed by atoms with E-state index < -0.39 is 12.1 Å². The van der Waals surface area contributed by atoms with E-state index in [0.29, 0.717) is 17.2 Å². The molecule has 0 saturated carbocycles. The van der Waals surface area contributed by atoms with Crippen molar-refractivity contribution in [1.82, 2.24) is 4.98 Å². The molecule has 0 spiro atoms. The van der Waals surface area contributed by atoms with Crippen LogP contribution in [0.2, 0.25) is 0 Å². The number of fused-ring (bicyclic) bond motifs is 1. The maximum absolute atomic E-state index is 12.7. The summed E-state index contributed by atoms with van der Waals surface area (Å²) in [5.74, 6) is -1.23. The molecule has 180 valence electrons. The van der Waals surface area contributed by atoms with Gasteiger partial charge in [-0.25, -0.2) is 0 Å². The third-order valence-corrected chi connectivity index (χ3v) is 7.28. The van der Waals surface area contributed by atoms with Crippen molar-refractivity contribution in [2.24, 2.45) is 11.7 Å². The Morgan fingerprint density at radius 1 is 1.09 bits per heavy atom. The van der Waals surface area contributed by atoms with Crippen molar-refractivity contribution in [3.63, 3.8) is 0 Å². The van der Waals surface area contributed by atoms with Crippen LogP contribution in [0.3, 0.4) is 0 Å². The fraction of sp³-hybridized carbons (Fsp3) is 0.333. The number of benzene rings is 2. The summed E-state index contributed by atoms with van der Waals surface area (Å²) >= 11 is 1.98. The maximum Gasteiger partial charge on any atom is 0.392 e. The Morgan fingerprint density at radius 2 is 1.85 bits per heavy atom. The summed E-state index contributed by atoms with van der Waals surface area (Å²) in [4.78, 5) is 15.1. The predicted octanol–water partition coefficient (Wildman–Crippen LogP) is 7.23. The Kier molecular flexibility index (Phi) is 8.91. The van der Waals surface area contributed by atoms with Crippen molar-refractivity contribution in [3.8, 4) is 0 Å². The van der Waals surface area contributed by atoms with Gasteiger partial charge in [-0.3, -0.25) is 9.78 Å². The Hall–Kier alpha value is -2.64. The average molecular weight is 487 g/mol. The molecule has 1 fully saturated rings. The largest absolute Gasteiger partial charge is 0.392 e. The zero-order chi connectivity index (χ0) is 24.7. The molecule has 5 rings (SSSR count). The number of thioether (sulfide) groups is 1. The van der Waals surface area contributed by atoms with E-state index in [1.165, 1.54) is 12.7 Å². The molecule has 3 unspecified atom stereocenters. The molecule has 1 aromatic heterocycles. The topological polar surface area (TPSA) is 56.0 Å². The number of hydrogen-bond acceptors (Lipinski definition) is 4. The highest BCUT2D eigenvalue weighted by molar-refractivity contribution is 8.07. The van der Waals surface area contributed by atoms with Crippen LogP contribution in [0, 0.1) is 5.92 Å².